The van der Waals surface area contributed by atoms with Gasteiger partial charge in [0, 0.05) is 27.2 Å². The molecule has 0 bridgehead atoms. The summed E-state index contributed by atoms with van der Waals surface area (Å²) in [7, 11) is 3.73. The third-order valence-corrected chi connectivity index (χ3v) is 8.55. The molecule has 6 rings (SSSR count). The van der Waals surface area contributed by atoms with Gasteiger partial charge in [-0.05, 0) is 64.8 Å². The predicted molar refractivity (Wildman–Crippen MR) is 154 cm³/mol. The van der Waals surface area contributed by atoms with E-state index in [0.29, 0.717) is 25.1 Å². The highest BCUT2D eigenvalue weighted by Gasteiger charge is 2.31. The normalized spacial score (nSPS) is 18.7. The lowest BCUT2D eigenvalue weighted by atomic mass is 9.83. The van der Waals surface area contributed by atoms with Gasteiger partial charge in [-0.3, -0.25) is 9.47 Å². The molecular weight excluding hydrogens is 508 g/mol. The molecule has 0 amide bonds. The maximum Gasteiger partial charge on any atom is 0.239 e. The van der Waals surface area contributed by atoms with E-state index in [-0.39, 0.29) is 6.10 Å². The smallest absolute Gasteiger partial charge is 0.239 e. The maximum atomic E-state index is 10.5. The second kappa shape index (κ2) is 10.7. The Labute approximate surface area is 234 Å². The number of hydrogen-bond donors (Lipinski definition) is 1. The largest absolute Gasteiger partial charge is 0.390 e. The first-order valence-corrected chi connectivity index (χ1v) is 14.3. The molecule has 0 aliphatic carbocycles. The van der Waals surface area contributed by atoms with E-state index in [1.807, 2.05) is 56.7 Å². The van der Waals surface area contributed by atoms with Crippen molar-refractivity contribution in [2.45, 2.75) is 51.9 Å². The Morgan fingerprint density at radius 2 is 1.77 bits per heavy atom. The van der Waals surface area contributed by atoms with E-state index in [9.17, 15) is 5.11 Å². The van der Waals surface area contributed by atoms with E-state index in [1.165, 1.54) is 0 Å². The van der Waals surface area contributed by atoms with Crippen molar-refractivity contribution in [3.05, 3.63) is 35.9 Å². The van der Waals surface area contributed by atoms with E-state index in [2.05, 4.69) is 14.4 Å². The quantitative estimate of drug-likeness (QED) is 0.373. The Morgan fingerprint density at radius 1 is 1.05 bits per heavy atom. The maximum absolute atomic E-state index is 10.5. The van der Waals surface area contributed by atoms with E-state index in [1.54, 1.807) is 7.11 Å². The summed E-state index contributed by atoms with van der Waals surface area (Å²) in [6, 6.07) is 8.04. The Balaban J connectivity index is 1.44. The number of hydrogen-bond acceptors (Lipinski definition) is 9. The number of benzene rings is 1. The fraction of sp³-hybridized carbons (Fsp3) is 0.586. The highest BCUT2D eigenvalue weighted by molar-refractivity contribution is 5.86. The first-order valence-electron chi connectivity index (χ1n) is 14.3. The molecule has 1 atom stereocenters. The lowest BCUT2D eigenvalue weighted by Gasteiger charge is -2.37. The number of rotatable bonds is 7. The van der Waals surface area contributed by atoms with E-state index < -0.39 is 5.60 Å². The summed E-state index contributed by atoms with van der Waals surface area (Å²) >= 11 is 0. The summed E-state index contributed by atoms with van der Waals surface area (Å²) in [4.78, 5) is 24.9. The van der Waals surface area contributed by atoms with Gasteiger partial charge in [-0.1, -0.05) is 12.1 Å². The van der Waals surface area contributed by atoms with Crippen LogP contribution in [0.4, 0.5) is 5.82 Å². The lowest BCUT2D eigenvalue weighted by molar-refractivity contribution is -0.0139. The second-order valence-electron chi connectivity index (χ2n) is 11.6. The van der Waals surface area contributed by atoms with Crippen molar-refractivity contribution in [2.24, 2.45) is 13.0 Å². The summed E-state index contributed by atoms with van der Waals surface area (Å²) in [5, 5.41) is 10.5. The van der Waals surface area contributed by atoms with Crippen molar-refractivity contribution in [1.29, 1.82) is 0 Å². The number of aliphatic hydroxyl groups is 1. The monoisotopic (exact) mass is 548 g/mol. The molecule has 1 N–H and O–H groups in total. The Kier molecular flexibility index (Phi) is 7.24. The number of ether oxygens (including phenoxy) is 2. The molecule has 2 fully saturated rings. The van der Waals surface area contributed by atoms with Gasteiger partial charge in [0.05, 0.1) is 36.4 Å². The van der Waals surface area contributed by atoms with Crippen molar-refractivity contribution >= 4 is 28.0 Å². The number of aryl methyl sites for hydroxylation is 1. The topological polar surface area (TPSA) is 107 Å². The van der Waals surface area contributed by atoms with Crippen LogP contribution in [-0.2, 0) is 23.1 Å². The number of methoxy groups -OCH3 is 1. The van der Waals surface area contributed by atoms with Gasteiger partial charge in [0.25, 0.3) is 0 Å². The molecule has 5 heterocycles. The Bertz CT molecular complexity index is 1490. The van der Waals surface area contributed by atoms with Gasteiger partial charge in [0.15, 0.2) is 17.0 Å². The molecule has 214 valence electrons. The van der Waals surface area contributed by atoms with Crippen LogP contribution in [0.2, 0.25) is 0 Å². The number of morpholine rings is 1. The van der Waals surface area contributed by atoms with Crippen molar-refractivity contribution in [3.63, 3.8) is 0 Å². The first-order chi connectivity index (χ1) is 19.2. The van der Waals surface area contributed by atoms with Crippen molar-refractivity contribution in [3.8, 4) is 5.95 Å². The van der Waals surface area contributed by atoms with Gasteiger partial charge in [-0.15, -0.1) is 0 Å². The molecule has 2 aliphatic rings. The van der Waals surface area contributed by atoms with Crippen molar-refractivity contribution in [1.82, 2.24) is 34.0 Å². The number of likely N-dealkylation sites (tertiary alicyclic amines) is 1. The number of nitrogens with zero attached hydrogens (tertiary/aromatic N) is 8. The molecule has 11 nitrogen and oxygen atoms in total. The number of piperidine rings is 1. The number of anilines is 1. The average molecular weight is 549 g/mol. The van der Waals surface area contributed by atoms with Crippen LogP contribution in [-0.4, -0.2) is 91.2 Å². The van der Waals surface area contributed by atoms with Crippen LogP contribution in [0.25, 0.3) is 28.1 Å². The van der Waals surface area contributed by atoms with Gasteiger partial charge in [0.1, 0.15) is 17.8 Å². The van der Waals surface area contributed by atoms with Gasteiger partial charge in [-0.25, -0.2) is 9.97 Å². The third kappa shape index (κ3) is 4.96. The summed E-state index contributed by atoms with van der Waals surface area (Å²) < 4.78 is 15.5. The standard InChI is InChI=1S/C29H40N8O3/c1-19(39-5)25-30-21-8-6-7-9-22(21)37(25)28-32-26-24(27(33-28)36-14-16-40-17-15-36)31-23(34(26)4)18-35-12-10-20(11-13-35)29(2,3)38/h6-9,19-20,38H,10-18H2,1-5H3/t19-/m0/s1. The van der Waals surface area contributed by atoms with Crippen LogP contribution in [0, 0.1) is 5.92 Å². The highest BCUT2D eigenvalue weighted by Crippen LogP contribution is 2.32. The third-order valence-electron chi connectivity index (χ3n) is 8.55. The molecule has 0 spiro atoms. The minimum Gasteiger partial charge on any atom is -0.390 e. The van der Waals surface area contributed by atoms with Crippen molar-refractivity contribution < 1.29 is 14.6 Å². The van der Waals surface area contributed by atoms with Crippen LogP contribution in [0.5, 0.6) is 0 Å². The molecule has 0 unspecified atom stereocenters. The molecule has 2 aliphatic heterocycles. The highest BCUT2D eigenvalue weighted by atomic mass is 16.5. The van der Waals surface area contributed by atoms with E-state index >= 15 is 0 Å². The minimum absolute atomic E-state index is 0.243. The minimum atomic E-state index is -0.639. The molecule has 0 radical (unpaired) electrons. The summed E-state index contributed by atoms with van der Waals surface area (Å²) in [6.07, 6.45) is 1.71. The van der Waals surface area contributed by atoms with E-state index in [4.69, 9.17) is 29.4 Å². The van der Waals surface area contributed by atoms with Crippen LogP contribution in [0.3, 0.4) is 0 Å². The van der Waals surface area contributed by atoms with Gasteiger partial charge in [0.2, 0.25) is 5.95 Å². The number of aromatic nitrogens is 6. The number of para-hydroxylation sites is 2. The fourth-order valence-electron chi connectivity index (χ4n) is 5.95. The number of imidazole rings is 2. The second-order valence-corrected chi connectivity index (χ2v) is 11.6. The molecule has 4 aromatic rings. The molecule has 2 saturated heterocycles. The van der Waals surface area contributed by atoms with Gasteiger partial charge >= 0.3 is 0 Å². The zero-order valence-electron chi connectivity index (χ0n) is 24.2. The molecular formula is C29H40N8O3. The SMILES string of the molecule is CO[C@@H](C)c1nc2ccccc2n1-c1nc(N2CCOCC2)c2nc(CN3CCC(C(C)(C)O)CC3)n(C)c2n1. The summed E-state index contributed by atoms with van der Waals surface area (Å²) in [5.41, 5.74) is 2.77. The molecule has 40 heavy (non-hydrogen) atoms. The molecule has 1 aromatic carbocycles. The Hall–Kier alpha value is -3.12. The summed E-state index contributed by atoms with van der Waals surface area (Å²) in [5.74, 6) is 3.41. The molecule has 0 saturated carbocycles. The Morgan fingerprint density at radius 3 is 2.48 bits per heavy atom. The lowest BCUT2D eigenvalue weighted by Crippen LogP contribution is -2.41. The predicted octanol–water partition coefficient (Wildman–Crippen LogP) is 3.23. The summed E-state index contributed by atoms with van der Waals surface area (Å²) in [6.45, 7) is 11.2. The van der Waals surface area contributed by atoms with Crippen LogP contribution >= 0.6 is 0 Å². The number of fused-ring (bicyclic) bond motifs is 2. The zero-order valence-corrected chi connectivity index (χ0v) is 24.2. The average Bonchev–Trinajstić information content (AvgIpc) is 3.50. The van der Waals surface area contributed by atoms with E-state index in [0.717, 1.165) is 85.2 Å². The zero-order chi connectivity index (χ0) is 28.0. The van der Waals surface area contributed by atoms with Crippen LogP contribution in [0.1, 0.15) is 51.4 Å². The molecule has 11 heteroatoms. The van der Waals surface area contributed by atoms with Crippen LogP contribution < -0.4 is 4.90 Å². The van der Waals surface area contributed by atoms with Crippen molar-refractivity contribution in [2.75, 3.05) is 51.4 Å². The van der Waals surface area contributed by atoms with Crippen LogP contribution in [0.15, 0.2) is 24.3 Å². The molecule has 3 aromatic heterocycles. The van der Waals surface area contributed by atoms with Gasteiger partial charge in [-0.2, -0.15) is 9.97 Å². The first kappa shape index (κ1) is 27.1. The fourth-order valence-corrected chi connectivity index (χ4v) is 5.95. The van der Waals surface area contributed by atoms with Gasteiger partial charge < -0.3 is 24.0 Å².